The number of alkyl carbamates (subject to hydrolysis) is 1. The summed E-state index contributed by atoms with van der Waals surface area (Å²) in [6, 6.07) is 6.61. The Labute approximate surface area is 179 Å². The first kappa shape index (κ1) is 21.3. The number of halogens is 2. The molecule has 1 aliphatic rings. The number of carbonyl (C=O) groups excluding carboxylic acids is 2. The van der Waals surface area contributed by atoms with Crippen molar-refractivity contribution in [1.82, 2.24) is 20.2 Å². The van der Waals surface area contributed by atoms with E-state index < -0.39 is 11.7 Å². The summed E-state index contributed by atoms with van der Waals surface area (Å²) in [5.74, 6) is -0.220. The molecule has 3 rings (SSSR count). The highest BCUT2D eigenvalue weighted by Gasteiger charge is 2.30. The second kappa shape index (κ2) is 8.55. The van der Waals surface area contributed by atoms with Crippen LogP contribution in [-0.4, -0.2) is 51.6 Å². The number of aromatic nitrogens is 2. The fourth-order valence-electron chi connectivity index (χ4n) is 2.99. The largest absolute Gasteiger partial charge is 0.444 e. The van der Waals surface area contributed by atoms with Gasteiger partial charge in [-0.15, -0.1) is 0 Å². The van der Waals surface area contributed by atoms with Crippen LogP contribution in [-0.2, 0) is 4.74 Å². The van der Waals surface area contributed by atoms with Crippen LogP contribution in [0.1, 0.15) is 37.7 Å². The minimum absolute atomic E-state index is 0.162. The van der Waals surface area contributed by atoms with Crippen LogP contribution < -0.4 is 5.32 Å². The number of carbonyl (C=O) groups is 2. The van der Waals surface area contributed by atoms with Gasteiger partial charge in [0.15, 0.2) is 0 Å². The smallest absolute Gasteiger partial charge is 0.407 e. The average Bonchev–Trinajstić information content (AvgIpc) is 3.10. The van der Waals surface area contributed by atoms with Crippen LogP contribution in [0.15, 0.2) is 30.6 Å². The number of likely N-dealkylation sites (tertiary alicyclic amines) is 1. The lowest BCUT2D eigenvalue weighted by Gasteiger charge is -2.22. The molecule has 1 fully saturated rings. The van der Waals surface area contributed by atoms with E-state index in [1.165, 1.54) is 6.33 Å². The zero-order valence-electron chi connectivity index (χ0n) is 16.4. The first-order chi connectivity index (χ1) is 13.6. The zero-order chi connectivity index (χ0) is 21.2. The van der Waals surface area contributed by atoms with E-state index in [1.807, 2.05) is 0 Å². The van der Waals surface area contributed by atoms with E-state index in [4.69, 9.17) is 27.9 Å². The van der Waals surface area contributed by atoms with Crippen molar-refractivity contribution in [2.45, 2.75) is 38.8 Å². The van der Waals surface area contributed by atoms with Crippen molar-refractivity contribution in [2.75, 3.05) is 13.1 Å². The molecule has 154 valence electrons. The van der Waals surface area contributed by atoms with Crippen molar-refractivity contribution in [3.63, 3.8) is 0 Å². The predicted molar refractivity (Wildman–Crippen MR) is 111 cm³/mol. The van der Waals surface area contributed by atoms with Gasteiger partial charge in [-0.2, -0.15) is 0 Å². The van der Waals surface area contributed by atoms with Crippen LogP contribution >= 0.6 is 23.2 Å². The number of benzene rings is 1. The van der Waals surface area contributed by atoms with Gasteiger partial charge in [0, 0.05) is 18.7 Å². The Kier molecular flexibility index (Phi) is 6.29. The van der Waals surface area contributed by atoms with Gasteiger partial charge in [-0.3, -0.25) is 4.79 Å². The number of hydrogen-bond acceptors (Lipinski definition) is 5. The molecule has 1 aromatic carbocycles. The molecule has 1 aromatic heterocycles. The van der Waals surface area contributed by atoms with Crippen LogP contribution in [0.2, 0.25) is 10.0 Å². The fourth-order valence-corrected chi connectivity index (χ4v) is 3.28. The van der Waals surface area contributed by atoms with Gasteiger partial charge in [0.05, 0.1) is 21.8 Å². The molecule has 0 saturated carbocycles. The van der Waals surface area contributed by atoms with Crippen LogP contribution in [0.5, 0.6) is 0 Å². The van der Waals surface area contributed by atoms with Gasteiger partial charge in [-0.1, -0.05) is 29.3 Å². The summed E-state index contributed by atoms with van der Waals surface area (Å²) in [7, 11) is 0. The SMILES string of the molecule is CC(C)(C)OC(=O)NC1CCN(C(=O)c2cc(-c3ccc(Cl)c(Cl)c3)ncn2)C1. The third-order valence-electron chi connectivity index (χ3n) is 4.30. The molecule has 1 saturated heterocycles. The van der Waals surface area contributed by atoms with E-state index in [0.29, 0.717) is 35.2 Å². The maximum Gasteiger partial charge on any atom is 0.407 e. The molecule has 2 amide bonds. The number of rotatable bonds is 3. The van der Waals surface area contributed by atoms with Gasteiger partial charge in [-0.25, -0.2) is 14.8 Å². The Balaban J connectivity index is 1.67. The summed E-state index contributed by atoms with van der Waals surface area (Å²) in [5.41, 5.74) is 1.02. The lowest BCUT2D eigenvalue weighted by atomic mass is 10.1. The van der Waals surface area contributed by atoms with Gasteiger partial charge in [0.25, 0.3) is 5.91 Å². The zero-order valence-corrected chi connectivity index (χ0v) is 17.9. The van der Waals surface area contributed by atoms with E-state index in [2.05, 4.69) is 15.3 Å². The van der Waals surface area contributed by atoms with Gasteiger partial charge < -0.3 is 15.0 Å². The quantitative estimate of drug-likeness (QED) is 0.779. The predicted octanol–water partition coefficient (Wildman–Crippen LogP) is 4.19. The Bertz CT molecular complexity index is 930. The third kappa shape index (κ3) is 5.58. The highest BCUT2D eigenvalue weighted by molar-refractivity contribution is 6.42. The van der Waals surface area contributed by atoms with E-state index in [1.54, 1.807) is 49.9 Å². The highest BCUT2D eigenvalue weighted by Crippen LogP contribution is 2.27. The molecule has 2 aromatic rings. The third-order valence-corrected chi connectivity index (χ3v) is 5.04. The topological polar surface area (TPSA) is 84.4 Å². The Morgan fingerprint density at radius 2 is 1.93 bits per heavy atom. The highest BCUT2D eigenvalue weighted by atomic mass is 35.5. The molecular formula is C20H22Cl2N4O3. The van der Waals surface area contributed by atoms with Crippen LogP contribution in [0.4, 0.5) is 4.79 Å². The molecule has 0 spiro atoms. The number of ether oxygens (including phenoxy) is 1. The van der Waals surface area contributed by atoms with Gasteiger partial charge in [0.1, 0.15) is 17.6 Å². The van der Waals surface area contributed by atoms with Crippen molar-refractivity contribution in [3.8, 4) is 11.3 Å². The summed E-state index contributed by atoms with van der Waals surface area (Å²) < 4.78 is 5.27. The second-order valence-corrected chi connectivity index (χ2v) is 8.61. The molecule has 0 bridgehead atoms. The molecule has 0 aliphatic carbocycles. The lowest BCUT2D eigenvalue weighted by molar-refractivity contribution is 0.0502. The van der Waals surface area contributed by atoms with Crippen molar-refractivity contribution >= 4 is 35.2 Å². The first-order valence-corrected chi connectivity index (χ1v) is 9.94. The Morgan fingerprint density at radius 3 is 2.62 bits per heavy atom. The number of amides is 2. The molecule has 1 atom stereocenters. The normalized spacial score (nSPS) is 16.6. The molecule has 0 radical (unpaired) electrons. The van der Waals surface area contributed by atoms with Crippen LogP contribution in [0, 0.1) is 0 Å². The van der Waals surface area contributed by atoms with Gasteiger partial charge in [0.2, 0.25) is 0 Å². The molecule has 1 N–H and O–H groups in total. The lowest BCUT2D eigenvalue weighted by Crippen LogP contribution is -2.41. The maximum atomic E-state index is 12.9. The average molecular weight is 437 g/mol. The van der Waals surface area contributed by atoms with Crippen molar-refractivity contribution < 1.29 is 14.3 Å². The monoisotopic (exact) mass is 436 g/mol. The number of nitrogens with one attached hydrogen (secondary N) is 1. The van der Waals surface area contributed by atoms with Crippen molar-refractivity contribution in [2.24, 2.45) is 0 Å². The van der Waals surface area contributed by atoms with E-state index in [0.717, 1.165) is 5.56 Å². The summed E-state index contributed by atoms with van der Waals surface area (Å²) in [6.45, 7) is 6.32. The maximum absolute atomic E-state index is 12.9. The van der Waals surface area contributed by atoms with E-state index in [9.17, 15) is 9.59 Å². The Morgan fingerprint density at radius 1 is 1.17 bits per heavy atom. The van der Waals surface area contributed by atoms with Gasteiger partial charge in [-0.05, 0) is 45.4 Å². The summed E-state index contributed by atoms with van der Waals surface area (Å²) in [4.78, 5) is 34.8. The minimum Gasteiger partial charge on any atom is -0.444 e. The van der Waals surface area contributed by atoms with Crippen LogP contribution in [0.25, 0.3) is 11.3 Å². The van der Waals surface area contributed by atoms with Crippen molar-refractivity contribution in [1.29, 1.82) is 0 Å². The van der Waals surface area contributed by atoms with Gasteiger partial charge >= 0.3 is 6.09 Å². The molecule has 2 heterocycles. The number of hydrogen-bond donors (Lipinski definition) is 1. The molecule has 7 nitrogen and oxygen atoms in total. The molecular weight excluding hydrogens is 415 g/mol. The molecule has 1 unspecified atom stereocenters. The van der Waals surface area contributed by atoms with E-state index in [-0.39, 0.29) is 17.6 Å². The molecule has 29 heavy (non-hydrogen) atoms. The summed E-state index contributed by atoms with van der Waals surface area (Å²) in [5, 5.41) is 3.66. The first-order valence-electron chi connectivity index (χ1n) is 9.18. The summed E-state index contributed by atoms with van der Waals surface area (Å²) in [6.07, 6.45) is 1.51. The molecule has 9 heteroatoms. The van der Waals surface area contributed by atoms with E-state index >= 15 is 0 Å². The van der Waals surface area contributed by atoms with Crippen molar-refractivity contribution in [3.05, 3.63) is 46.3 Å². The standard InChI is InChI=1S/C20H22Cl2N4O3/c1-20(2,3)29-19(28)25-13-6-7-26(10-13)18(27)17-9-16(23-11-24-17)12-4-5-14(21)15(22)8-12/h4-5,8-9,11,13H,6-7,10H2,1-3H3,(H,25,28). The minimum atomic E-state index is -0.569. The molecule has 1 aliphatic heterocycles. The second-order valence-electron chi connectivity index (χ2n) is 7.80. The Hall–Kier alpha value is -2.38. The fraction of sp³-hybridized carbons (Fsp3) is 0.400. The number of nitrogens with zero attached hydrogens (tertiary/aromatic N) is 3. The van der Waals surface area contributed by atoms with Crippen LogP contribution in [0.3, 0.4) is 0 Å². The summed E-state index contributed by atoms with van der Waals surface area (Å²) >= 11 is 12.0.